The Morgan fingerprint density at radius 1 is 0.929 bits per heavy atom. The van der Waals surface area contributed by atoms with Gasteiger partial charge in [0.05, 0.1) is 0 Å². The maximum absolute atomic E-state index is 12.7. The molecule has 152 valence electrons. The van der Waals surface area contributed by atoms with Crippen molar-refractivity contribution in [1.29, 1.82) is 0 Å². The third kappa shape index (κ3) is 5.24. The summed E-state index contributed by atoms with van der Waals surface area (Å²) in [5.41, 5.74) is 0.534. The molecule has 28 heavy (non-hydrogen) atoms. The number of piperazine rings is 1. The van der Waals surface area contributed by atoms with E-state index in [1.807, 2.05) is 6.07 Å². The molecule has 2 N–H and O–H groups in total. The van der Waals surface area contributed by atoms with E-state index in [1.54, 1.807) is 41.0 Å². The first kappa shape index (κ1) is 20.2. The van der Waals surface area contributed by atoms with Crippen LogP contribution in [0.5, 0.6) is 0 Å². The third-order valence-electron chi connectivity index (χ3n) is 5.57. The van der Waals surface area contributed by atoms with Crippen molar-refractivity contribution in [2.45, 2.75) is 51.1 Å². The van der Waals surface area contributed by atoms with Gasteiger partial charge in [0.2, 0.25) is 5.91 Å². The zero-order valence-corrected chi connectivity index (χ0v) is 16.5. The molecule has 2 fully saturated rings. The van der Waals surface area contributed by atoms with Crippen LogP contribution in [0.2, 0.25) is 0 Å². The molecule has 1 aromatic rings. The Bertz CT molecular complexity index is 680. The van der Waals surface area contributed by atoms with Gasteiger partial charge >= 0.3 is 6.03 Å². The van der Waals surface area contributed by atoms with Crippen LogP contribution in [0, 0.1) is 0 Å². The van der Waals surface area contributed by atoms with Gasteiger partial charge in [0.1, 0.15) is 6.04 Å². The largest absolute Gasteiger partial charge is 0.341 e. The van der Waals surface area contributed by atoms with Gasteiger partial charge < -0.3 is 20.4 Å². The lowest BCUT2D eigenvalue weighted by molar-refractivity contribution is -0.134. The van der Waals surface area contributed by atoms with Gasteiger partial charge in [-0.05, 0) is 31.9 Å². The van der Waals surface area contributed by atoms with E-state index >= 15 is 0 Å². The van der Waals surface area contributed by atoms with Crippen molar-refractivity contribution >= 4 is 17.8 Å². The number of nitrogens with one attached hydrogen (secondary N) is 2. The highest BCUT2D eigenvalue weighted by Gasteiger charge is 2.28. The Morgan fingerprint density at radius 3 is 2.18 bits per heavy atom. The Labute approximate surface area is 166 Å². The molecule has 3 rings (SSSR count). The molecule has 1 saturated heterocycles. The molecule has 1 saturated carbocycles. The fourth-order valence-corrected chi connectivity index (χ4v) is 3.85. The fraction of sp³-hybridized carbons (Fsp3) is 0.571. The zero-order chi connectivity index (χ0) is 19.9. The number of hydrogen-bond donors (Lipinski definition) is 2. The first-order chi connectivity index (χ1) is 13.5. The van der Waals surface area contributed by atoms with Gasteiger partial charge in [-0.3, -0.25) is 9.59 Å². The summed E-state index contributed by atoms with van der Waals surface area (Å²) in [6.45, 7) is 3.71. The van der Waals surface area contributed by atoms with E-state index in [9.17, 15) is 14.4 Å². The lowest BCUT2D eigenvalue weighted by Gasteiger charge is -2.37. The smallest absolute Gasteiger partial charge is 0.317 e. The molecular weight excluding hydrogens is 356 g/mol. The van der Waals surface area contributed by atoms with Crippen LogP contribution in [-0.4, -0.2) is 65.9 Å². The number of amides is 4. The molecule has 1 unspecified atom stereocenters. The molecule has 1 heterocycles. The third-order valence-corrected chi connectivity index (χ3v) is 5.57. The quantitative estimate of drug-likeness (QED) is 0.830. The van der Waals surface area contributed by atoms with Crippen molar-refractivity contribution in [3.05, 3.63) is 35.9 Å². The summed E-state index contributed by atoms with van der Waals surface area (Å²) in [4.78, 5) is 40.8. The Hall–Kier alpha value is -2.57. The summed E-state index contributed by atoms with van der Waals surface area (Å²) in [7, 11) is 0. The molecule has 4 amide bonds. The van der Waals surface area contributed by atoms with E-state index in [0.717, 1.165) is 12.8 Å². The van der Waals surface area contributed by atoms with Crippen LogP contribution in [0.15, 0.2) is 30.3 Å². The lowest BCUT2D eigenvalue weighted by atomic mass is 9.96. The Balaban J connectivity index is 1.43. The normalized spacial score (nSPS) is 19.0. The van der Waals surface area contributed by atoms with Gasteiger partial charge in [0.25, 0.3) is 5.91 Å². The molecule has 0 radical (unpaired) electrons. The van der Waals surface area contributed by atoms with Crippen molar-refractivity contribution in [2.75, 3.05) is 26.2 Å². The predicted molar refractivity (Wildman–Crippen MR) is 107 cm³/mol. The monoisotopic (exact) mass is 386 g/mol. The van der Waals surface area contributed by atoms with Crippen LogP contribution < -0.4 is 10.6 Å². The molecule has 1 aliphatic carbocycles. The van der Waals surface area contributed by atoms with Gasteiger partial charge in [-0.1, -0.05) is 37.5 Å². The summed E-state index contributed by atoms with van der Waals surface area (Å²) in [6.07, 6.45) is 5.73. The van der Waals surface area contributed by atoms with Crippen molar-refractivity contribution in [3.8, 4) is 0 Å². The van der Waals surface area contributed by atoms with Crippen LogP contribution in [-0.2, 0) is 4.79 Å². The molecule has 2 aliphatic rings. The van der Waals surface area contributed by atoms with E-state index in [1.165, 1.54) is 19.3 Å². The minimum absolute atomic E-state index is 0.0237. The maximum atomic E-state index is 12.7. The molecule has 0 aromatic heterocycles. The van der Waals surface area contributed by atoms with Crippen molar-refractivity contribution < 1.29 is 14.4 Å². The van der Waals surface area contributed by atoms with Gasteiger partial charge in [-0.15, -0.1) is 0 Å². The van der Waals surface area contributed by atoms with Crippen molar-refractivity contribution in [1.82, 2.24) is 20.4 Å². The summed E-state index contributed by atoms with van der Waals surface area (Å²) in [5, 5.41) is 5.88. The highest BCUT2D eigenvalue weighted by molar-refractivity contribution is 5.97. The molecule has 7 nitrogen and oxygen atoms in total. The minimum Gasteiger partial charge on any atom is -0.341 e. The van der Waals surface area contributed by atoms with Crippen molar-refractivity contribution in [3.63, 3.8) is 0 Å². The van der Waals surface area contributed by atoms with Gasteiger partial charge in [0.15, 0.2) is 0 Å². The van der Waals surface area contributed by atoms with E-state index < -0.39 is 6.04 Å². The molecule has 0 spiro atoms. The van der Waals surface area contributed by atoms with E-state index in [-0.39, 0.29) is 23.9 Å². The van der Waals surface area contributed by atoms with Gasteiger partial charge in [0, 0.05) is 37.8 Å². The number of hydrogen-bond acceptors (Lipinski definition) is 3. The SMILES string of the molecule is CC(NC(=O)c1ccccc1)C(=O)N1CCN(C(=O)NC2CCCCC2)CC1. The minimum atomic E-state index is -0.602. The standard InChI is InChI=1S/C21H30N4O3/c1-16(22-19(26)17-8-4-2-5-9-17)20(27)24-12-14-25(15-13-24)21(28)23-18-10-6-3-7-11-18/h2,4-5,8-9,16,18H,3,6-7,10-15H2,1H3,(H,22,26)(H,23,28). The number of carbonyl (C=O) groups is 3. The highest BCUT2D eigenvalue weighted by Crippen LogP contribution is 2.17. The number of nitrogens with zero attached hydrogens (tertiary/aromatic N) is 2. The topological polar surface area (TPSA) is 81.8 Å². The predicted octanol–water partition coefficient (Wildman–Crippen LogP) is 1.99. The summed E-state index contributed by atoms with van der Waals surface area (Å²) in [5.74, 6) is -0.372. The molecular formula is C21H30N4O3. The molecule has 1 atom stereocenters. The molecule has 1 aromatic carbocycles. The second-order valence-corrected chi connectivity index (χ2v) is 7.66. The zero-order valence-electron chi connectivity index (χ0n) is 16.5. The second-order valence-electron chi connectivity index (χ2n) is 7.66. The fourth-order valence-electron chi connectivity index (χ4n) is 3.85. The van der Waals surface area contributed by atoms with E-state index in [0.29, 0.717) is 31.7 Å². The molecule has 7 heteroatoms. The van der Waals surface area contributed by atoms with Crippen LogP contribution in [0.25, 0.3) is 0 Å². The second kappa shape index (κ2) is 9.57. The average Bonchev–Trinajstić information content (AvgIpc) is 2.74. The van der Waals surface area contributed by atoms with Gasteiger partial charge in [-0.2, -0.15) is 0 Å². The van der Waals surface area contributed by atoms with Gasteiger partial charge in [-0.25, -0.2) is 4.79 Å². The summed E-state index contributed by atoms with van der Waals surface area (Å²) >= 11 is 0. The van der Waals surface area contributed by atoms with Crippen molar-refractivity contribution in [2.24, 2.45) is 0 Å². The maximum Gasteiger partial charge on any atom is 0.317 e. The molecule has 0 bridgehead atoms. The number of benzene rings is 1. The summed E-state index contributed by atoms with van der Waals surface area (Å²) < 4.78 is 0. The lowest BCUT2D eigenvalue weighted by Crippen LogP contribution is -2.57. The van der Waals surface area contributed by atoms with Crippen LogP contribution in [0.3, 0.4) is 0 Å². The summed E-state index contributed by atoms with van der Waals surface area (Å²) in [6, 6.07) is 8.52. The van der Waals surface area contributed by atoms with E-state index in [4.69, 9.17) is 0 Å². The first-order valence-electron chi connectivity index (χ1n) is 10.2. The van der Waals surface area contributed by atoms with E-state index in [2.05, 4.69) is 10.6 Å². The first-order valence-corrected chi connectivity index (χ1v) is 10.2. The Kier molecular flexibility index (Phi) is 6.90. The number of carbonyl (C=O) groups excluding carboxylic acids is 3. The Morgan fingerprint density at radius 2 is 1.54 bits per heavy atom. The number of urea groups is 1. The number of rotatable bonds is 4. The highest BCUT2D eigenvalue weighted by atomic mass is 16.2. The average molecular weight is 386 g/mol. The van der Waals surface area contributed by atoms with Crippen LogP contribution in [0.4, 0.5) is 4.79 Å². The van der Waals surface area contributed by atoms with Crippen LogP contribution in [0.1, 0.15) is 49.4 Å². The molecule has 1 aliphatic heterocycles. The van der Waals surface area contributed by atoms with Crippen LogP contribution >= 0.6 is 0 Å².